The maximum absolute atomic E-state index is 9.93. The molecule has 1 saturated heterocycles. The smallest absolute Gasteiger partial charge is 0.0669 e. The molecule has 0 spiro atoms. The third kappa shape index (κ3) is 5.55. The molecule has 2 nitrogen and oxygen atoms in total. The van der Waals surface area contributed by atoms with E-state index >= 15 is 0 Å². The van der Waals surface area contributed by atoms with Crippen LogP contribution >= 0.6 is 11.8 Å². The van der Waals surface area contributed by atoms with Gasteiger partial charge in [-0.3, -0.25) is 0 Å². The second-order valence-corrected chi connectivity index (χ2v) is 7.64. The molecule has 1 heterocycles. The van der Waals surface area contributed by atoms with Crippen molar-refractivity contribution >= 4 is 11.8 Å². The summed E-state index contributed by atoms with van der Waals surface area (Å²) in [6, 6.07) is 0.591. The second-order valence-electron chi connectivity index (χ2n) is 6.15. The quantitative estimate of drug-likeness (QED) is 0.798. The van der Waals surface area contributed by atoms with Gasteiger partial charge in [0.2, 0.25) is 0 Å². The van der Waals surface area contributed by atoms with Crippen molar-refractivity contribution in [3.05, 3.63) is 0 Å². The Labute approximate surface area is 105 Å². The molecule has 3 unspecified atom stereocenters. The van der Waals surface area contributed by atoms with E-state index in [4.69, 9.17) is 0 Å². The molecule has 16 heavy (non-hydrogen) atoms. The van der Waals surface area contributed by atoms with Crippen molar-refractivity contribution < 1.29 is 5.11 Å². The normalized spacial score (nSPS) is 29.1. The summed E-state index contributed by atoms with van der Waals surface area (Å²) in [5.41, 5.74) is 0.216. The summed E-state index contributed by atoms with van der Waals surface area (Å²) in [6.07, 6.45) is 3.23. The molecule has 0 aromatic heterocycles. The van der Waals surface area contributed by atoms with Crippen LogP contribution in [0.1, 0.15) is 47.0 Å². The van der Waals surface area contributed by atoms with E-state index in [0.717, 1.165) is 13.0 Å². The molecule has 1 aliphatic rings. The minimum absolute atomic E-state index is 0.209. The highest BCUT2D eigenvalue weighted by Crippen LogP contribution is 2.25. The molecule has 0 bridgehead atoms. The molecule has 1 rings (SSSR count). The summed E-state index contributed by atoms with van der Waals surface area (Å²) in [5, 5.41) is 14.1. The Kier molecular flexibility index (Phi) is 5.62. The van der Waals surface area contributed by atoms with E-state index in [1.165, 1.54) is 18.6 Å². The van der Waals surface area contributed by atoms with Gasteiger partial charge in [0.05, 0.1) is 6.10 Å². The molecule has 0 amide bonds. The van der Waals surface area contributed by atoms with Crippen molar-refractivity contribution in [3.8, 4) is 0 Å². The van der Waals surface area contributed by atoms with Gasteiger partial charge in [-0.05, 0) is 30.4 Å². The van der Waals surface area contributed by atoms with Crippen LogP contribution in [0.25, 0.3) is 0 Å². The molecule has 0 saturated carbocycles. The zero-order valence-corrected chi connectivity index (χ0v) is 11.9. The Morgan fingerprint density at radius 2 is 2.12 bits per heavy atom. The molecular formula is C13H27NOS. The first kappa shape index (κ1) is 14.3. The van der Waals surface area contributed by atoms with Gasteiger partial charge in [0, 0.05) is 17.8 Å². The first-order chi connectivity index (χ1) is 7.38. The van der Waals surface area contributed by atoms with Crippen LogP contribution in [0.15, 0.2) is 0 Å². The van der Waals surface area contributed by atoms with E-state index in [2.05, 4.69) is 33.0 Å². The standard InChI is InChI=1S/C13H27NOS/c1-10-12(6-5-7-16-10)14-9-11(15)8-13(2,3)4/h10-12,14-15H,5-9H2,1-4H3. The molecule has 96 valence electrons. The Bertz CT molecular complexity index is 203. The lowest BCUT2D eigenvalue weighted by molar-refractivity contribution is 0.116. The first-order valence-electron chi connectivity index (χ1n) is 6.41. The number of thioether (sulfide) groups is 1. The van der Waals surface area contributed by atoms with E-state index in [9.17, 15) is 5.11 Å². The van der Waals surface area contributed by atoms with Gasteiger partial charge in [0.15, 0.2) is 0 Å². The van der Waals surface area contributed by atoms with Gasteiger partial charge in [-0.1, -0.05) is 27.7 Å². The zero-order chi connectivity index (χ0) is 12.2. The van der Waals surface area contributed by atoms with E-state index < -0.39 is 0 Å². The van der Waals surface area contributed by atoms with Gasteiger partial charge in [-0.2, -0.15) is 11.8 Å². The number of hydrogen-bond donors (Lipinski definition) is 2. The summed E-state index contributed by atoms with van der Waals surface area (Å²) in [4.78, 5) is 0. The number of hydrogen-bond acceptors (Lipinski definition) is 3. The molecule has 3 atom stereocenters. The van der Waals surface area contributed by atoms with E-state index in [1.807, 2.05) is 11.8 Å². The van der Waals surface area contributed by atoms with Crippen molar-refractivity contribution in [3.63, 3.8) is 0 Å². The third-order valence-corrected chi connectivity index (χ3v) is 4.45. The van der Waals surface area contributed by atoms with Gasteiger partial charge in [0.1, 0.15) is 0 Å². The van der Waals surface area contributed by atoms with Gasteiger partial charge in [-0.15, -0.1) is 0 Å². The van der Waals surface area contributed by atoms with Crippen LogP contribution in [0.3, 0.4) is 0 Å². The van der Waals surface area contributed by atoms with Gasteiger partial charge < -0.3 is 10.4 Å². The topological polar surface area (TPSA) is 32.3 Å². The Morgan fingerprint density at radius 1 is 1.44 bits per heavy atom. The van der Waals surface area contributed by atoms with Gasteiger partial charge >= 0.3 is 0 Å². The van der Waals surface area contributed by atoms with Crippen molar-refractivity contribution in [1.29, 1.82) is 0 Å². The molecule has 0 radical (unpaired) electrons. The maximum atomic E-state index is 9.93. The SMILES string of the molecule is CC1SCCCC1NCC(O)CC(C)(C)C. The van der Waals surface area contributed by atoms with Crippen LogP contribution < -0.4 is 5.32 Å². The fourth-order valence-corrected chi connectivity index (χ4v) is 3.43. The summed E-state index contributed by atoms with van der Waals surface area (Å²) in [6.45, 7) is 9.56. The number of aliphatic hydroxyl groups is 1. The van der Waals surface area contributed by atoms with Crippen LogP contribution in [-0.2, 0) is 0 Å². The Hall–Kier alpha value is 0.270. The Morgan fingerprint density at radius 3 is 2.69 bits per heavy atom. The number of aliphatic hydroxyl groups excluding tert-OH is 1. The van der Waals surface area contributed by atoms with E-state index in [1.54, 1.807) is 0 Å². The van der Waals surface area contributed by atoms with Crippen molar-refractivity contribution in [2.24, 2.45) is 5.41 Å². The number of nitrogens with one attached hydrogen (secondary N) is 1. The molecule has 2 N–H and O–H groups in total. The highest BCUT2D eigenvalue weighted by atomic mass is 32.2. The molecule has 1 fully saturated rings. The fourth-order valence-electron chi connectivity index (χ4n) is 2.26. The van der Waals surface area contributed by atoms with Crippen molar-refractivity contribution in [2.45, 2.75) is 64.4 Å². The lowest BCUT2D eigenvalue weighted by Gasteiger charge is -2.31. The van der Waals surface area contributed by atoms with Crippen LogP contribution in [0.5, 0.6) is 0 Å². The van der Waals surface area contributed by atoms with Gasteiger partial charge in [-0.25, -0.2) is 0 Å². The van der Waals surface area contributed by atoms with Crippen LogP contribution in [0.4, 0.5) is 0 Å². The Balaban J connectivity index is 2.22. The third-order valence-electron chi connectivity index (χ3n) is 3.07. The monoisotopic (exact) mass is 245 g/mol. The summed E-state index contributed by atoms with van der Waals surface area (Å²) < 4.78 is 0. The predicted molar refractivity (Wildman–Crippen MR) is 73.0 cm³/mol. The molecule has 3 heteroatoms. The maximum Gasteiger partial charge on any atom is 0.0669 e. The zero-order valence-electron chi connectivity index (χ0n) is 11.1. The summed E-state index contributed by atoms with van der Waals surface area (Å²) in [5.74, 6) is 1.30. The van der Waals surface area contributed by atoms with Crippen molar-refractivity contribution in [2.75, 3.05) is 12.3 Å². The van der Waals surface area contributed by atoms with Gasteiger partial charge in [0.25, 0.3) is 0 Å². The summed E-state index contributed by atoms with van der Waals surface area (Å²) >= 11 is 2.05. The lowest BCUT2D eigenvalue weighted by atomic mass is 9.89. The average molecular weight is 245 g/mol. The molecule has 0 aliphatic carbocycles. The predicted octanol–water partition coefficient (Wildman–Crippen LogP) is 2.66. The van der Waals surface area contributed by atoms with Crippen LogP contribution in [-0.4, -0.2) is 34.8 Å². The van der Waals surface area contributed by atoms with E-state index in [0.29, 0.717) is 11.3 Å². The number of rotatable bonds is 4. The minimum atomic E-state index is -0.209. The first-order valence-corrected chi connectivity index (χ1v) is 7.46. The second kappa shape index (κ2) is 6.27. The largest absolute Gasteiger partial charge is 0.392 e. The average Bonchev–Trinajstić information content (AvgIpc) is 2.14. The lowest BCUT2D eigenvalue weighted by Crippen LogP contribution is -2.43. The summed E-state index contributed by atoms with van der Waals surface area (Å²) in [7, 11) is 0. The van der Waals surface area contributed by atoms with E-state index in [-0.39, 0.29) is 11.5 Å². The molecular weight excluding hydrogens is 218 g/mol. The minimum Gasteiger partial charge on any atom is -0.392 e. The van der Waals surface area contributed by atoms with Crippen LogP contribution in [0.2, 0.25) is 0 Å². The van der Waals surface area contributed by atoms with Crippen molar-refractivity contribution in [1.82, 2.24) is 5.32 Å². The molecule has 1 aliphatic heterocycles. The molecule has 0 aromatic rings. The fraction of sp³-hybridized carbons (Fsp3) is 1.00. The highest BCUT2D eigenvalue weighted by Gasteiger charge is 2.23. The highest BCUT2D eigenvalue weighted by molar-refractivity contribution is 7.99. The molecule has 0 aromatic carbocycles. The van der Waals surface area contributed by atoms with Crippen LogP contribution in [0, 0.1) is 5.41 Å².